The summed E-state index contributed by atoms with van der Waals surface area (Å²) >= 11 is 3.07. The highest BCUT2D eigenvalue weighted by molar-refractivity contribution is 7.99. The number of aromatic nitrogens is 3. The Labute approximate surface area is 220 Å². The van der Waals surface area contributed by atoms with Crippen molar-refractivity contribution in [1.29, 1.82) is 0 Å². The topological polar surface area (TPSA) is 79.3 Å². The van der Waals surface area contributed by atoms with Gasteiger partial charge in [0.1, 0.15) is 10.7 Å². The van der Waals surface area contributed by atoms with Crippen molar-refractivity contribution in [2.75, 3.05) is 31.9 Å². The first kappa shape index (κ1) is 26.0. The van der Waals surface area contributed by atoms with Crippen molar-refractivity contribution in [3.05, 3.63) is 82.7 Å². The number of amides is 2. The highest BCUT2D eigenvalue weighted by Crippen LogP contribution is 2.32. The number of nitrogens with zero attached hydrogens (tertiary/aromatic N) is 5. The molecular formula is C27H31N5O2S2. The molecule has 0 aromatic carbocycles. The van der Waals surface area contributed by atoms with Crippen molar-refractivity contribution in [3.8, 4) is 0 Å². The Kier molecular flexibility index (Phi) is 9.24. The van der Waals surface area contributed by atoms with Gasteiger partial charge < -0.3 is 9.80 Å². The van der Waals surface area contributed by atoms with Crippen molar-refractivity contribution in [2.45, 2.75) is 37.1 Å². The van der Waals surface area contributed by atoms with E-state index in [0.29, 0.717) is 49.6 Å². The first-order valence-electron chi connectivity index (χ1n) is 12.2. The molecule has 0 bridgehead atoms. The van der Waals surface area contributed by atoms with E-state index in [2.05, 4.69) is 16.5 Å². The van der Waals surface area contributed by atoms with Crippen molar-refractivity contribution in [3.63, 3.8) is 0 Å². The van der Waals surface area contributed by atoms with E-state index in [1.165, 1.54) is 11.8 Å². The number of thiazole rings is 1. The van der Waals surface area contributed by atoms with E-state index in [1.54, 1.807) is 23.7 Å². The molecule has 1 aliphatic rings. The number of carbonyl (C=O) groups is 2. The maximum absolute atomic E-state index is 13.2. The number of likely N-dealkylation sites (N-methyl/N-ethyl adjacent to an activating group) is 1. The minimum atomic E-state index is -0.0373. The zero-order valence-electron chi connectivity index (χ0n) is 20.5. The van der Waals surface area contributed by atoms with E-state index in [-0.39, 0.29) is 17.7 Å². The van der Waals surface area contributed by atoms with E-state index in [0.717, 1.165) is 28.6 Å². The smallest absolute Gasteiger partial charge is 0.273 e. The molecule has 1 fully saturated rings. The molecule has 0 unspecified atom stereocenters. The second-order valence-electron chi connectivity index (χ2n) is 8.55. The predicted molar refractivity (Wildman–Crippen MR) is 145 cm³/mol. The van der Waals surface area contributed by atoms with Crippen LogP contribution in [0, 0.1) is 0 Å². The summed E-state index contributed by atoms with van der Waals surface area (Å²) in [4.78, 5) is 43.4. The van der Waals surface area contributed by atoms with Crippen molar-refractivity contribution in [2.24, 2.45) is 0 Å². The molecule has 3 aromatic heterocycles. The molecule has 0 radical (unpaired) electrons. The molecule has 0 atom stereocenters. The van der Waals surface area contributed by atoms with Gasteiger partial charge in [-0.25, -0.2) is 9.97 Å². The van der Waals surface area contributed by atoms with Gasteiger partial charge in [-0.2, -0.15) is 0 Å². The van der Waals surface area contributed by atoms with Crippen LogP contribution in [0.4, 0.5) is 0 Å². The number of thioether (sulfide) groups is 1. The Morgan fingerprint density at radius 3 is 2.72 bits per heavy atom. The maximum atomic E-state index is 13.2. The molecule has 1 saturated heterocycles. The SMILES string of the molecule is C=CCSc1ncccc1C(=O)N1CCC(c2nc(C(=O)N(CC)CCc3ccccn3)cs2)CC1. The van der Waals surface area contributed by atoms with Crippen LogP contribution in [-0.2, 0) is 6.42 Å². The van der Waals surface area contributed by atoms with Gasteiger partial charge in [0.05, 0.1) is 10.6 Å². The molecule has 2 amide bonds. The summed E-state index contributed by atoms with van der Waals surface area (Å²) in [6, 6.07) is 9.49. The van der Waals surface area contributed by atoms with Crippen molar-refractivity contribution < 1.29 is 9.59 Å². The third-order valence-electron chi connectivity index (χ3n) is 6.24. The molecule has 9 heteroatoms. The fourth-order valence-corrected chi connectivity index (χ4v) is 5.93. The van der Waals surface area contributed by atoms with Crippen LogP contribution < -0.4 is 0 Å². The fraction of sp³-hybridized carbons (Fsp3) is 0.370. The number of hydrogen-bond donors (Lipinski definition) is 0. The van der Waals surface area contributed by atoms with Gasteiger partial charge in [-0.1, -0.05) is 12.1 Å². The highest BCUT2D eigenvalue weighted by Gasteiger charge is 2.28. The number of carbonyl (C=O) groups excluding carboxylic acids is 2. The van der Waals surface area contributed by atoms with Crippen LogP contribution in [0.5, 0.6) is 0 Å². The first-order chi connectivity index (χ1) is 17.6. The molecule has 4 rings (SSSR count). The summed E-state index contributed by atoms with van der Waals surface area (Å²) in [6.07, 6.45) is 7.68. The van der Waals surface area contributed by atoms with E-state index >= 15 is 0 Å². The largest absolute Gasteiger partial charge is 0.339 e. The summed E-state index contributed by atoms with van der Waals surface area (Å²) in [6.45, 7) is 8.30. The van der Waals surface area contributed by atoms with Crippen LogP contribution in [0.2, 0.25) is 0 Å². The first-order valence-corrected chi connectivity index (χ1v) is 14.1. The summed E-state index contributed by atoms with van der Waals surface area (Å²) in [5.41, 5.74) is 2.13. The van der Waals surface area contributed by atoms with Gasteiger partial charge in [-0.05, 0) is 44.0 Å². The lowest BCUT2D eigenvalue weighted by Crippen LogP contribution is -2.38. The Morgan fingerprint density at radius 1 is 1.19 bits per heavy atom. The maximum Gasteiger partial charge on any atom is 0.273 e. The lowest BCUT2D eigenvalue weighted by molar-refractivity contribution is 0.0708. The van der Waals surface area contributed by atoms with E-state index < -0.39 is 0 Å². The standard InChI is InChI=1S/C27H31N5O2S2/c1-3-18-35-25-22(9-7-14-29-25)26(33)32-15-10-20(11-16-32)24-30-23(19-36-24)27(34)31(4-2)17-12-21-8-5-6-13-28-21/h3,5-9,13-14,19-20H,1,4,10-12,15-18H2,2H3. The normalized spacial score (nSPS) is 14.0. The monoisotopic (exact) mass is 521 g/mol. The van der Waals surface area contributed by atoms with Gasteiger partial charge in [0.2, 0.25) is 0 Å². The summed E-state index contributed by atoms with van der Waals surface area (Å²) in [7, 11) is 0. The lowest BCUT2D eigenvalue weighted by Gasteiger charge is -2.31. The summed E-state index contributed by atoms with van der Waals surface area (Å²) in [5, 5.41) is 3.60. The summed E-state index contributed by atoms with van der Waals surface area (Å²) in [5.74, 6) is 0.954. The van der Waals surface area contributed by atoms with Gasteiger partial charge in [0.15, 0.2) is 0 Å². The fourth-order valence-electron chi connectivity index (χ4n) is 4.24. The molecule has 188 valence electrons. The van der Waals surface area contributed by atoms with Gasteiger partial charge in [0.25, 0.3) is 11.8 Å². The van der Waals surface area contributed by atoms with Crippen LogP contribution in [-0.4, -0.2) is 68.5 Å². The van der Waals surface area contributed by atoms with Crippen LogP contribution in [0.15, 0.2) is 65.8 Å². The molecule has 1 aliphatic heterocycles. The second kappa shape index (κ2) is 12.8. The summed E-state index contributed by atoms with van der Waals surface area (Å²) < 4.78 is 0. The average molecular weight is 522 g/mol. The third kappa shape index (κ3) is 6.39. The quantitative estimate of drug-likeness (QED) is 0.278. The number of hydrogen-bond acceptors (Lipinski definition) is 7. The highest BCUT2D eigenvalue weighted by atomic mass is 32.2. The van der Waals surface area contributed by atoms with Crippen LogP contribution in [0.3, 0.4) is 0 Å². The van der Waals surface area contributed by atoms with E-state index in [1.807, 2.05) is 58.5 Å². The van der Waals surface area contributed by atoms with E-state index in [4.69, 9.17) is 4.98 Å². The minimum Gasteiger partial charge on any atom is -0.339 e. The number of rotatable bonds is 10. The van der Waals surface area contributed by atoms with Gasteiger partial charge >= 0.3 is 0 Å². The number of pyridine rings is 2. The molecule has 3 aromatic rings. The number of piperidine rings is 1. The van der Waals surface area contributed by atoms with Crippen molar-refractivity contribution in [1.82, 2.24) is 24.8 Å². The predicted octanol–water partition coefficient (Wildman–Crippen LogP) is 4.94. The van der Waals surface area contributed by atoms with Crippen LogP contribution in [0.1, 0.15) is 57.2 Å². The minimum absolute atomic E-state index is 0.0228. The molecule has 7 nitrogen and oxygen atoms in total. The molecule has 36 heavy (non-hydrogen) atoms. The Balaban J connectivity index is 1.34. The van der Waals surface area contributed by atoms with Gasteiger partial charge in [-0.3, -0.25) is 14.6 Å². The van der Waals surface area contributed by atoms with Crippen LogP contribution in [0.25, 0.3) is 0 Å². The number of likely N-dealkylation sites (tertiary alicyclic amines) is 1. The Morgan fingerprint density at radius 2 is 2.00 bits per heavy atom. The molecule has 4 heterocycles. The van der Waals surface area contributed by atoms with E-state index in [9.17, 15) is 9.59 Å². The Hall–Kier alpha value is -3.04. The zero-order valence-corrected chi connectivity index (χ0v) is 22.1. The average Bonchev–Trinajstić information content (AvgIpc) is 3.43. The molecular weight excluding hydrogens is 490 g/mol. The van der Waals surface area contributed by atoms with Crippen molar-refractivity contribution >= 4 is 34.9 Å². The zero-order chi connectivity index (χ0) is 25.3. The third-order valence-corrected chi connectivity index (χ3v) is 8.25. The Bertz CT molecular complexity index is 1180. The van der Waals surface area contributed by atoms with Crippen LogP contribution >= 0.6 is 23.1 Å². The molecule has 0 aliphatic carbocycles. The van der Waals surface area contributed by atoms with Gasteiger partial charge in [-0.15, -0.1) is 29.7 Å². The molecule has 0 N–H and O–H groups in total. The molecule has 0 saturated carbocycles. The lowest BCUT2D eigenvalue weighted by atomic mass is 9.97. The second-order valence-corrected chi connectivity index (χ2v) is 10.4. The van der Waals surface area contributed by atoms with Gasteiger partial charge in [0, 0.05) is 67.7 Å². The molecule has 0 spiro atoms.